The maximum atomic E-state index is 12.6. The Hall–Kier alpha value is -2.30. The van der Waals surface area contributed by atoms with Gasteiger partial charge in [-0.05, 0) is 36.6 Å². The van der Waals surface area contributed by atoms with Crippen molar-refractivity contribution in [1.29, 1.82) is 0 Å². The number of amides is 2. The average molecular weight is 316 g/mol. The maximum Gasteiger partial charge on any atom is 0.245 e. The fraction of sp³-hybridized carbons (Fsp3) is 0.444. The van der Waals surface area contributed by atoms with E-state index < -0.39 is 0 Å². The first-order valence-corrected chi connectivity index (χ1v) is 7.84. The van der Waals surface area contributed by atoms with Crippen LogP contribution in [0.15, 0.2) is 36.9 Å². The van der Waals surface area contributed by atoms with Gasteiger partial charge in [0.1, 0.15) is 5.75 Å². The zero-order valence-electron chi connectivity index (χ0n) is 13.8. The fourth-order valence-electron chi connectivity index (χ4n) is 2.91. The summed E-state index contributed by atoms with van der Waals surface area (Å²) < 4.78 is 5.21. The number of likely N-dealkylation sites (tertiary alicyclic amines) is 1. The van der Waals surface area contributed by atoms with Crippen molar-refractivity contribution in [3.8, 4) is 5.75 Å². The molecule has 1 heterocycles. The molecule has 5 nitrogen and oxygen atoms in total. The zero-order chi connectivity index (χ0) is 16.8. The molecule has 1 aromatic rings. The summed E-state index contributed by atoms with van der Waals surface area (Å²) in [7, 11) is 3.45. The highest BCUT2D eigenvalue weighted by Crippen LogP contribution is 2.21. The van der Waals surface area contributed by atoms with Gasteiger partial charge in [-0.3, -0.25) is 9.59 Å². The van der Waals surface area contributed by atoms with Crippen LogP contribution in [0.2, 0.25) is 0 Å². The molecule has 23 heavy (non-hydrogen) atoms. The van der Waals surface area contributed by atoms with E-state index in [1.54, 1.807) is 16.9 Å². The van der Waals surface area contributed by atoms with Crippen molar-refractivity contribution in [2.75, 3.05) is 27.2 Å². The normalized spacial score (nSPS) is 15.1. The SMILES string of the molecule is C=CC(=O)N1CCC(C(=O)N(C)Cc2cccc(OC)c2)CC1. The number of piperidine rings is 1. The molecule has 1 aliphatic heterocycles. The van der Waals surface area contributed by atoms with E-state index in [-0.39, 0.29) is 17.7 Å². The number of hydrogen-bond donors (Lipinski definition) is 0. The molecule has 0 spiro atoms. The number of ether oxygens (including phenoxy) is 1. The lowest BCUT2D eigenvalue weighted by Gasteiger charge is -2.32. The molecule has 1 fully saturated rings. The molecule has 0 aliphatic carbocycles. The molecule has 5 heteroatoms. The second-order valence-corrected chi connectivity index (χ2v) is 5.85. The van der Waals surface area contributed by atoms with Gasteiger partial charge < -0.3 is 14.5 Å². The van der Waals surface area contributed by atoms with Gasteiger partial charge in [-0.15, -0.1) is 0 Å². The standard InChI is InChI=1S/C18H24N2O3/c1-4-17(21)20-10-8-15(9-11-20)18(22)19(2)13-14-6-5-7-16(12-14)23-3/h4-7,12,15H,1,8-11,13H2,2-3H3. The second kappa shape index (κ2) is 7.81. The molecule has 124 valence electrons. The lowest BCUT2D eigenvalue weighted by molar-refractivity contribution is -0.138. The third-order valence-corrected chi connectivity index (χ3v) is 4.26. The average Bonchev–Trinajstić information content (AvgIpc) is 2.60. The summed E-state index contributed by atoms with van der Waals surface area (Å²) in [4.78, 5) is 27.7. The Labute approximate surface area is 137 Å². The van der Waals surface area contributed by atoms with Gasteiger partial charge in [0.15, 0.2) is 0 Å². The minimum atomic E-state index is -0.0550. The minimum Gasteiger partial charge on any atom is -0.497 e. The molecular formula is C18H24N2O3. The van der Waals surface area contributed by atoms with E-state index in [4.69, 9.17) is 4.74 Å². The fourth-order valence-corrected chi connectivity index (χ4v) is 2.91. The van der Waals surface area contributed by atoms with Gasteiger partial charge in [-0.25, -0.2) is 0 Å². The van der Waals surface area contributed by atoms with Crippen LogP contribution in [0.3, 0.4) is 0 Å². The summed E-state index contributed by atoms with van der Waals surface area (Å²) in [6, 6.07) is 7.73. The molecule has 2 amide bonds. The molecule has 0 unspecified atom stereocenters. The summed E-state index contributed by atoms with van der Waals surface area (Å²) >= 11 is 0. The van der Waals surface area contributed by atoms with Gasteiger partial charge in [0, 0.05) is 32.6 Å². The predicted octanol–water partition coefficient (Wildman–Crippen LogP) is 2.08. The summed E-state index contributed by atoms with van der Waals surface area (Å²) in [5.74, 6) is 0.859. The van der Waals surface area contributed by atoms with Crippen molar-refractivity contribution in [1.82, 2.24) is 9.80 Å². The zero-order valence-corrected chi connectivity index (χ0v) is 13.8. The van der Waals surface area contributed by atoms with Gasteiger partial charge >= 0.3 is 0 Å². The van der Waals surface area contributed by atoms with E-state index in [9.17, 15) is 9.59 Å². The number of carbonyl (C=O) groups is 2. The van der Waals surface area contributed by atoms with Crippen molar-refractivity contribution in [2.24, 2.45) is 5.92 Å². The van der Waals surface area contributed by atoms with E-state index >= 15 is 0 Å². The molecule has 0 radical (unpaired) electrons. The molecule has 0 N–H and O–H groups in total. The highest BCUT2D eigenvalue weighted by Gasteiger charge is 2.28. The monoisotopic (exact) mass is 316 g/mol. The highest BCUT2D eigenvalue weighted by molar-refractivity contribution is 5.87. The van der Waals surface area contributed by atoms with Crippen LogP contribution in [-0.4, -0.2) is 48.9 Å². The first kappa shape index (κ1) is 17.1. The number of methoxy groups -OCH3 is 1. The molecule has 0 saturated carbocycles. The number of benzene rings is 1. The molecule has 1 saturated heterocycles. The molecule has 1 aliphatic rings. The van der Waals surface area contributed by atoms with Crippen LogP contribution >= 0.6 is 0 Å². The topological polar surface area (TPSA) is 49.9 Å². The molecule has 0 bridgehead atoms. The van der Waals surface area contributed by atoms with Crippen LogP contribution in [0.5, 0.6) is 5.75 Å². The Morgan fingerprint density at radius 2 is 2.09 bits per heavy atom. The minimum absolute atomic E-state index is 0.0144. The quantitative estimate of drug-likeness (QED) is 0.782. The molecule has 0 aromatic heterocycles. The highest BCUT2D eigenvalue weighted by atomic mass is 16.5. The Balaban J connectivity index is 1.90. The Bertz CT molecular complexity index is 577. The lowest BCUT2D eigenvalue weighted by Crippen LogP contribution is -2.42. The number of nitrogens with zero attached hydrogens (tertiary/aromatic N) is 2. The largest absolute Gasteiger partial charge is 0.497 e. The molecule has 0 atom stereocenters. The second-order valence-electron chi connectivity index (χ2n) is 5.85. The van der Waals surface area contributed by atoms with Gasteiger partial charge in [0.25, 0.3) is 0 Å². The van der Waals surface area contributed by atoms with Gasteiger partial charge in [-0.1, -0.05) is 18.7 Å². The van der Waals surface area contributed by atoms with Gasteiger partial charge in [-0.2, -0.15) is 0 Å². The van der Waals surface area contributed by atoms with Gasteiger partial charge in [0.2, 0.25) is 11.8 Å². The summed E-state index contributed by atoms with van der Waals surface area (Å²) in [6.45, 7) is 5.30. The van der Waals surface area contributed by atoms with Crippen molar-refractivity contribution >= 4 is 11.8 Å². The molecule has 2 rings (SSSR count). The Morgan fingerprint density at radius 1 is 1.39 bits per heavy atom. The smallest absolute Gasteiger partial charge is 0.245 e. The number of rotatable bonds is 5. The van der Waals surface area contributed by atoms with E-state index in [1.165, 1.54) is 6.08 Å². The van der Waals surface area contributed by atoms with Crippen molar-refractivity contribution in [2.45, 2.75) is 19.4 Å². The van der Waals surface area contributed by atoms with Crippen LogP contribution in [0.1, 0.15) is 18.4 Å². The summed E-state index contributed by atoms with van der Waals surface area (Å²) in [5, 5.41) is 0. The van der Waals surface area contributed by atoms with Crippen molar-refractivity contribution in [3.63, 3.8) is 0 Å². The van der Waals surface area contributed by atoms with Crippen molar-refractivity contribution < 1.29 is 14.3 Å². The molecular weight excluding hydrogens is 292 g/mol. The molecule has 1 aromatic carbocycles. The van der Waals surface area contributed by atoms with Crippen molar-refractivity contribution in [3.05, 3.63) is 42.5 Å². The van der Waals surface area contributed by atoms with E-state index in [2.05, 4.69) is 6.58 Å². The van der Waals surface area contributed by atoms with E-state index in [0.29, 0.717) is 32.5 Å². The number of hydrogen-bond acceptors (Lipinski definition) is 3. The Morgan fingerprint density at radius 3 is 2.70 bits per heavy atom. The van der Waals surface area contributed by atoms with E-state index in [0.717, 1.165) is 11.3 Å². The lowest BCUT2D eigenvalue weighted by atomic mass is 9.95. The van der Waals surface area contributed by atoms with Crippen LogP contribution in [0, 0.1) is 5.92 Å². The van der Waals surface area contributed by atoms with Crippen LogP contribution < -0.4 is 4.74 Å². The van der Waals surface area contributed by atoms with Gasteiger partial charge in [0.05, 0.1) is 7.11 Å². The first-order valence-electron chi connectivity index (χ1n) is 7.84. The van der Waals surface area contributed by atoms with Crippen LogP contribution in [0.25, 0.3) is 0 Å². The maximum absolute atomic E-state index is 12.6. The summed E-state index contributed by atoms with van der Waals surface area (Å²) in [5.41, 5.74) is 1.04. The van der Waals surface area contributed by atoms with Crippen LogP contribution in [-0.2, 0) is 16.1 Å². The first-order chi connectivity index (χ1) is 11.0. The third kappa shape index (κ3) is 4.34. The summed E-state index contributed by atoms with van der Waals surface area (Å²) in [6.07, 6.45) is 2.75. The Kier molecular flexibility index (Phi) is 5.79. The number of carbonyl (C=O) groups excluding carboxylic acids is 2. The predicted molar refractivity (Wildman–Crippen MR) is 89.0 cm³/mol. The van der Waals surface area contributed by atoms with Crippen LogP contribution in [0.4, 0.5) is 0 Å². The third-order valence-electron chi connectivity index (χ3n) is 4.26. The van der Waals surface area contributed by atoms with E-state index in [1.807, 2.05) is 31.3 Å².